The van der Waals surface area contributed by atoms with Crippen molar-refractivity contribution in [1.29, 1.82) is 0 Å². The molecular weight excluding hydrogens is 127 g/mol. The summed E-state index contributed by atoms with van der Waals surface area (Å²) in [6.45, 7) is 0. The Balaban J connectivity index is 3.09. The van der Waals surface area contributed by atoms with Gasteiger partial charge in [0.05, 0.1) is 5.30 Å². The summed E-state index contributed by atoms with van der Waals surface area (Å²) < 4.78 is 4.37. The van der Waals surface area contributed by atoms with Gasteiger partial charge in [-0.05, 0) is 5.18 Å². The van der Waals surface area contributed by atoms with Crippen molar-refractivity contribution in [1.82, 2.24) is 5.16 Å². The smallest absolute Gasteiger partial charge is 0.245 e. The Morgan fingerprint density at radius 2 is 2.62 bits per heavy atom. The fraction of sp³-hybridized carbons (Fsp3) is 0. The second-order valence-electron chi connectivity index (χ2n) is 1.18. The summed E-state index contributed by atoms with van der Waals surface area (Å²) >= 11 is 0. The number of nitrogens with zero attached hydrogens (tertiary/aromatic N) is 2. The molecule has 0 spiro atoms. The van der Waals surface area contributed by atoms with Gasteiger partial charge in [-0.3, -0.25) is 0 Å². The monoisotopic (exact) mass is 130 g/mol. The van der Waals surface area contributed by atoms with Crippen LogP contribution in [0.4, 0.5) is 5.82 Å². The van der Waals surface area contributed by atoms with Gasteiger partial charge in [-0.2, -0.15) is 0 Å². The summed E-state index contributed by atoms with van der Waals surface area (Å²) in [5.41, 5.74) is 0. The minimum Gasteiger partial charge on any atom is -0.362 e. The van der Waals surface area contributed by atoms with Crippen LogP contribution in [-0.2, 0) is 0 Å². The predicted molar refractivity (Wildman–Crippen MR) is 31.3 cm³/mol. The summed E-state index contributed by atoms with van der Waals surface area (Å²) in [5.74, 6) is 0.0926. The number of nitroso groups, excluding NO2 is 1. The Hall–Kier alpha value is -0.760. The lowest BCUT2D eigenvalue weighted by atomic mass is 10.7. The van der Waals surface area contributed by atoms with E-state index in [1.807, 2.05) is 0 Å². The second kappa shape index (κ2) is 2.01. The molecule has 0 N–H and O–H groups in total. The van der Waals surface area contributed by atoms with Crippen LogP contribution in [0.15, 0.2) is 16.0 Å². The molecule has 1 heterocycles. The number of hydrogen-bond donors (Lipinski definition) is 0. The molecule has 4 nitrogen and oxygen atoms in total. The Morgan fingerprint density at radius 1 is 1.88 bits per heavy atom. The third kappa shape index (κ3) is 0.746. The maximum Gasteiger partial charge on any atom is 0.245 e. The number of hydrogen-bond acceptors (Lipinski definition) is 4. The van der Waals surface area contributed by atoms with Crippen molar-refractivity contribution < 1.29 is 4.52 Å². The van der Waals surface area contributed by atoms with Crippen LogP contribution in [0.1, 0.15) is 0 Å². The summed E-state index contributed by atoms with van der Waals surface area (Å²) in [7, 11) is 2.27. The lowest BCUT2D eigenvalue weighted by molar-refractivity contribution is 0.422. The van der Waals surface area contributed by atoms with Crippen LogP contribution in [0.3, 0.4) is 0 Å². The van der Waals surface area contributed by atoms with Gasteiger partial charge in [-0.25, -0.2) is 0 Å². The standard InChI is InChI=1S/C3H3N2O2P/c6-4-3-2(8)1-7-5-3/h1H,8H2. The summed E-state index contributed by atoms with van der Waals surface area (Å²) in [5, 5.41) is 6.40. The van der Waals surface area contributed by atoms with Gasteiger partial charge in [0.1, 0.15) is 6.26 Å². The largest absolute Gasteiger partial charge is 0.362 e. The van der Waals surface area contributed by atoms with E-state index in [1.54, 1.807) is 0 Å². The molecule has 0 radical (unpaired) electrons. The molecule has 0 aromatic carbocycles. The molecule has 0 saturated carbocycles. The van der Waals surface area contributed by atoms with Gasteiger partial charge >= 0.3 is 0 Å². The van der Waals surface area contributed by atoms with Gasteiger partial charge in [0.25, 0.3) is 0 Å². The molecule has 1 atom stereocenters. The van der Waals surface area contributed by atoms with E-state index in [0.717, 1.165) is 0 Å². The quantitative estimate of drug-likeness (QED) is 0.412. The van der Waals surface area contributed by atoms with E-state index in [-0.39, 0.29) is 5.82 Å². The van der Waals surface area contributed by atoms with Crippen LogP contribution in [0, 0.1) is 4.91 Å². The van der Waals surface area contributed by atoms with Crippen molar-refractivity contribution >= 4 is 20.4 Å². The number of rotatable bonds is 1. The molecule has 8 heavy (non-hydrogen) atoms. The molecule has 1 rings (SSSR count). The lowest BCUT2D eigenvalue weighted by Gasteiger charge is -1.71. The van der Waals surface area contributed by atoms with Crippen molar-refractivity contribution in [2.75, 3.05) is 0 Å². The molecule has 0 aliphatic heterocycles. The maximum atomic E-state index is 9.70. The molecule has 0 saturated heterocycles. The van der Waals surface area contributed by atoms with E-state index in [1.165, 1.54) is 6.26 Å². The van der Waals surface area contributed by atoms with Crippen LogP contribution in [0.25, 0.3) is 0 Å². The fourth-order valence-corrected chi connectivity index (χ4v) is 0.474. The molecule has 0 aliphatic rings. The average Bonchev–Trinajstić information content (AvgIpc) is 2.14. The molecule has 1 aromatic rings. The Labute approximate surface area is 47.4 Å². The molecule has 1 unspecified atom stereocenters. The zero-order valence-corrected chi connectivity index (χ0v) is 5.02. The third-order valence-corrected chi connectivity index (χ3v) is 1.06. The van der Waals surface area contributed by atoms with Crippen molar-refractivity contribution in [3.63, 3.8) is 0 Å². The van der Waals surface area contributed by atoms with E-state index >= 15 is 0 Å². The van der Waals surface area contributed by atoms with Crippen LogP contribution in [0.5, 0.6) is 0 Å². The number of aromatic nitrogens is 1. The van der Waals surface area contributed by atoms with Gasteiger partial charge in [-0.1, -0.05) is 14.4 Å². The third-order valence-electron chi connectivity index (χ3n) is 0.664. The minimum absolute atomic E-state index is 0.0926. The molecule has 5 heteroatoms. The Bertz CT molecular complexity index is 197. The van der Waals surface area contributed by atoms with Gasteiger partial charge in [0, 0.05) is 0 Å². The zero-order valence-electron chi connectivity index (χ0n) is 3.87. The van der Waals surface area contributed by atoms with E-state index in [4.69, 9.17) is 0 Å². The SMILES string of the molecule is O=Nc1nocc1P. The predicted octanol–water partition coefficient (Wildman–Crippen LogP) is 0.573. The van der Waals surface area contributed by atoms with E-state index in [9.17, 15) is 4.91 Å². The summed E-state index contributed by atoms with van der Waals surface area (Å²) in [6, 6.07) is 0. The first-order valence-corrected chi connectivity index (χ1v) is 2.45. The van der Waals surface area contributed by atoms with E-state index < -0.39 is 0 Å². The van der Waals surface area contributed by atoms with E-state index in [2.05, 4.69) is 24.1 Å². The minimum atomic E-state index is 0.0926. The van der Waals surface area contributed by atoms with Gasteiger partial charge < -0.3 is 4.52 Å². The first-order chi connectivity index (χ1) is 3.84. The van der Waals surface area contributed by atoms with Crippen molar-refractivity contribution in [2.45, 2.75) is 0 Å². The van der Waals surface area contributed by atoms with E-state index in [0.29, 0.717) is 5.30 Å². The van der Waals surface area contributed by atoms with Crippen LogP contribution < -0.4 is 5.30 Å². The molecule has 0 aliphatic carbocycles. The fourth-order valence-electron chi connectivity index (χ4n) is 0.308. The van der Waals surface area contributed by atoms with Crippen molar-refractivity contribution in [3.8, 4) is 0 Å². The van der Waals surface area contributed by atoms with Crippen molar-refractivity contribution in [3.05, 3.63) is 11.2 Å². The van der Waals surface area contributed by atoms with Crippen LogP contribution in [0.2, 0.25) is 0 Å². The molecule has 0 bridgehead atoms. The Kier molecular flexibility index (Phi) is 1.35. The van der Waals surface area contributed by atoms with Crippen LogP contribution >= 0.6 is 9.24 Å². The Morgan fingerprint density at radius 3 is 2.88 bits per heavy atom. The normalized spacial score (nSPS) is 9.12. The molecule has 42 valence electrons. The molecule has 0 amide bonds. The molecular formula is C3H3N2O2P. The highest BCUT2D eigenvalue weighted by Gasteiger charge is 1.99. The average molecular weight is 130 g/mol. The van der Waals surface area contributed by atoms with Gasteiger partial charge in [0.2, 0.25) is 5.82 Å². The lowest BCUT2D eigenvalue weighted by Crippen LogP contribution is -1.80. The van der Waals surface area contributed by atoms with Gasteiger partial charge in [0.15, 0.2) is 0 Å². The second-order valence-corrected chi connectivity index (χ2v) is 1.81. The van der Waals surface area contributed by atoms with Crippen LogP contribution in [-0.4, -0.2) is 5.16 Å². The highest BCUT2D eigenvalue weighted by atomic mass is 31.0. The first kappa shape index (κ1) is 5.38. The zero-order chi connectivity index (χ0) is 5.98. The highest BCUT2D eigenvalue weighted by Crippen LogP contribution is 2.05. The first-order valence-electron chi connectivity index (χ1n) is 1.88. The summed E-state index contributed by atoms with van der Waals surface area (Å²) in [4.78, 5) is 9.70. The maximum absolute atomic E-state index is 9.70. The molecule has 1 aromatic heterocycles. The summed E-state index contributed by atoms with van der Waals surface area (Å²) in [6.07, 6.45) is 1.33. The molecule has 0 fully saturated rings. The van der Waals surface area contributed by atoms with Gasteiger partial charge in [-0.15, -0.1) is 4.91 Å². The topological polar surface area (TPSA) is 55.5 Å². The van der Waals surface area contributed by atoms with Crippen molar-refractivity contribution in [2.24, 2.45) is 5.18 Å². The highest BCUT2D eigenvalue weighted by molar-refractivity contribution is 7.27.